The monoisotopic (exact) mass is 460 g/mol. The summed E-state index contributed by atoms with van der Waals surface area (Å²) >= 11 is 0. The molecule has 0 aliphatic heterocycles. The minimum absolute atomic E-state index is 0.282. The molecular formula is C27H29FN4O2. The number of benzene rings is 2. The molecule has 1 saturated carbocycles. The summed E-state index contributed by atoms with van der Waals surface area (Å²) in [5, 5.41) is 14.2. The lowest BCUT2D eigenvalue weighted by Crippen LogP contribution is -2.33. The van der Waals surface area contributed by atoms with Crippen LogP contribution in [0.4, 0.5) is 10.1 Å². The van der Waals surface area contributed by atoms with E-state index in [-0.39, 0.29) is 11.4 Å². The van der Waals surface area contributed by atoms with Crippen molar-refractivity contribution in [3.8, 4) is 11.3 Å². The van der Waals surface area contributed by atoms with E-state index in [9.17, 15) is 14.3 Å². The topological polar surface area (TPSA) is 81.2 Å². The minimum Gasteiger partial charge on any atom is -0.478 e. The van der Waals surface area contributed by atoms with Gasteiger partial charge in [-0.25, -0.2) is 14.2 Å². The number of aromatic carboxylic acids is 1. The van der Waals surface area contributed by atoms with Crippen LogP contribution in [0.15, 0.2) is 42.5 Å². The van der Waals surface area contributed by atoms with Crippen LogP contribution in [-0.2, 0) is 6.54 Å². The highest BCUT2D eigenvalue weighted by molar-refractivity contribution is 5.99. The molecule has 0 saturated heterocycles. The van der Waals surface area contributed by atoms with Crippen LogP contribution in [0.1, 0.15) is 48.0 Å². The molecule has 5 rings (SSSR count). The summed E-state index contributed by atoms with van der Waals surface area (Å²) in [6, 6.07) is 12.7. The summed E-state index contributed by atoms with van der Waals surface area (Å²) in [6.07, 6.45) is 6.13. The number of aromatic amines is 1. The van der Waals surface area contributed by atoms with Crippen molar-refractivity contribution in [2.24, 2.45) is 0 Å². The van der Waals surface area contributed by atoms with Gasteiger partial charge in [0, 0.05) is 41.7 Å². The fraction of sp³-hybridized carbons (Fsp3) is 0.333. The lowest BCUT2D eigenvalue weighted by molar-refractivity contribution is 0.0696. The third-order valence-corrected chi connectivity index (χ3v) is 6.99. The molecule has 4 aromatic rings. The number of hydrogen-bond acceptors (Lipinski definition) is 4. The van der Waals surface area contributed by atoms with E-state index in [1.165, 1.54) is 44.2 Å². The Hall–Kier alpha value is -3.45. The zero-order valence-electron chi connectivity index (χ0n) is 19.5. The first-order valence-corrected chi connectivity index (χ1v) is 11.8. The second-order valence-corrected chi connectivity index (χ2v) is 9.27. The number of rotatable bonds is 6. The van der Waals surface area contributed by atoms with Crippen LogP contribution >= 0.6 is 0 Å². The third kappa shape index (κ3) is 4.23. The van der Waals surface area contributed by atoms with Crippen molar-refractivity contribution in [1.82, 2.24) is 14.9 Å². The predicted molar refractivity (Wildman–Crippen MR) is 134 cm³/mol. The Morgan fingerprint density at radius 3 is 2.68 bits per heavy atom. The average molecular weight is 461 g/mol. The first-order valence-electron chi connectivity index (χ1n) is 11.8. The molecule has 1 aliphatic carbocycles. The van der Waals surface area contributed by atoms with Crippen molar-refractivity contribution in [2.75, 3.05) is 19.4 Å². The number of fused-ring (bicyclic) bond motifs is 2. The third-order valence-electron chi connectivity index (χ3n) is 6.99. The van der Waals surface area contributed by atoms with Gasteiger partial charge in [-0.2, -0.15) is 0 Å². The van der Waals surface area contributed by atoms with E-state index in [1.807, 2.05) is 18.2 Å². The summed E-state index contributed by atoms with van der Waals surface area (Å²) in [6.45, 7) is 0.668. The normalized spacial score (nSPS) is 14.8. The molecule has 0 radical (unpaired) electrons. The summed E-state index contributed by atoms with van der Waals surface area (Å²) in [4.78, 5) is 22.2. The Morgan fingerprint density at radius 1 is 1.15 bits per heavy atom. The van der Waals surface area contributed by atoms with Crippen molar-refractivity contribution in [1.29, 1.82) is 0 Å². The van der Waals surface area contributed by atoms with Gasteiger partial charge in [-0.1, -0.05) is 25.3 Å². The largest absolute Gasteiger partial charge is 0.478 e. The molecule has 0 bridgehead atoms. The van der Waals surface area contributed by atoms with Gasteiger partial charge < -0.3 is 15.4 Å². The molecular weight excluding hydrogens is 431 g/mol. The van der Waals surface area contributed by atoms with Crippen LogP contribution < -0.4 is 5.32 Å². The molecule has 0 spiro atoms. The van der Waals surface area contributed by atoms with E-state index in [2.05, 4.69) is 22.2 Å². The number of carboxylic acids is 1. The van der Waals surface area contributed by atoms with Crippen LogP contribution in [0.3, 0.4) is 0 Å². The molecule has 0 amide bonds. The molecule has 1 aliphatic rings. The number of nitrogens with one attached hydrogen (secondary N) is 2. The molecule has 2 heterocycles. The van der Waals surface area contributed by atoms with Gasteiger partial charge in [-0.15, -0.1) is 0 Å². The number of carbonyl (C=O) groups is 1. The Kier molecular flexibility index (Phi) is 5.96. The molecule has 2 aromatic carbocycles. The quantitative estimate of drug-likeness (QED) is 0.327. The summed E-state index contributed by atoms with van der Waals surface area (Å²) in [5.74, 6) is -1.25. The fourth-order valence-electron chi connectivity index (χ4n) is 5.17. The number of halogens is 1. The maximum Gasteiger partial charge on any atom is 0.335 e. The smallest absolute Gasteiger partial charge is 0.335 e. The van der Waals surface area contributed by atoms with Gasteiger partial charge >= 0.3 is 5.97 Å². The van der Waals surface area contributed by atoms with Crippen molar-refractivity contribution < 1.29 is 14.3 Å². The van der Waals surface area contributed by atoms with E-state index in [0.29, 0.717) is 29.4 Å². The number of pyridine rings is 1. The van der Waals surface area contributed by atoms with Crippen LogP contribution in [0.5, 0.6) is 0 Å². The van der Waals surface area contributed by atoms with Gasteiger partial charge in [0.1, 0.15) is 11.5 Å². The minimum atomic E-state index is -0.931. The number of carboxylic acid groups (broad SMARTS) is 1. The number of nitrogens with zero attached hydrogens (tertiary/aromatic N) is 2. The second kappa shape index (κ2) is 9.06. The Morgan fingerprint density at radius 2 is 1.94 bits per heavy atom. The Labute approximate surface area is 197 Å². The van der Waals surface area contributed by atoms with Crippen molar-refractivity contribution in [3.63, 3.8) is 0 Å². The molecule has 0 unspecified atom stereocenters. The van der Waals surface area contributed by atoms with Gasteiger partial charge in [0.2, 0.25) is 0 Å². The van der Waals surface area contributed by atoms with Gasteiger partial charge in [-0.05, 0) is 61.9 Å². The van der Waals surface area contributed by atoms with Crippen molar-refractivity contribution in [2.45, 2.75) is 44.7 Å². The standard InChI is InChI=1S/C27H29FN4O2/c1-29-24-14-20(28)12-17-11-18-13-23(30-26(18)31-25(17)24)22-9-8-16(27(33)34)10-19(22)15-32(2)21-6-4-3-5-7-21/h8-14,21,29H,3-7,15H2,1-2H3,(H,30,31)(H,33,34). The lowest BCUT2D eigenvalue weighted by atomic mass is 9.93. The van der Waals surface area contributed by atoms with Crippen LogP contribution in [-0.4, -0.2) is 46.1 Å². The van der Waals surface area contributed by atoms with Crippen LogP contribution in [0.25, 0.3) is 33.2 Å². The van der Waals surface area contributed by atoms with E-state index in [0.717, 1.165) is 27.6 Å². The van der Waals surface area contributed by atoms with Crippen molar-refractivity contribution >= 4 is 33.6 Å². The highest BCUT2D eigenvalue weighted by atomic mass is 19.1. The summed E-state index contributed by atoms with van der Waals surface area (Å²) < 4.78 is 14.1. The highest BCUT2D eigenvalue weighted by Gasteiger charge is 2.21. The molecule has 1 fully saturated rings. The Balaban J connectivity index is 1.58. The first kappa shape index (κ1) is 22.3. The van der Waals surface area contributed by atoms with E-state index in [4.69, 9.17) is 4.98 Å². The maximum absolute atomic E-state index is 14.1. The molecule has 6 nitrogen and oxygen atoms in total. The summed E-state index contributed by atoms with van der Waals surface area (Å²) in [5.41, 5.74) is 5.11. The lowest BCUT2D eigenvalue weighted by Gasteiger charge is -2.31. The number of hydrogen-bond donors (Lipinski definition) is 3. The second-order valence-electron chi connectivity index (χ2n) is 9.27. The van der Waals surface area contributed by atoms with Gasteiger partial charge in [-0.3, -0.25) is 4.90 Å². The maximum atomic E-state index is 14.1. The zero-order valence-corrected chi connectivity index (χ0v) is 19.5. The first-order chi connectivity index (χ1) is 16.4. The predicted octanol–water partition coefficient (Wildman–Crippen LogP) is 6.03. The van der Waals surface area contributed by atoms with Crippen LogP contribution in [0.2, 0.25) is 0 Å². The van der Waals surface area contributed by atoms with E-state index in [1.54, 1.807) is 19.2 Å². The number of H-pyrrole nitrogens is 1. The molecule has 34 heavy (non-hydrogen) atoms. The summed E-state index contributed by atoms with van der Waals surface area (Å²) in [7, 11) is 3.87. The fourth-order valence-corrected chi connectivity index (χ4v) is 5.17. The zero-order chi connectivity index (χ0) is 23.8. The van der Waals surface area contributed by atoms with E-state index < -0.39 is 5.97 Å². The molecule has 0 atom stereocenters. The molecule has 3 N–H and O–H groups in total. The molecule has 2 aromatic heterocycles. The number of aromatic nitrogens is 2. The highest BCUT2D eigenvalue weighted by Crippen LogP contribution is 2.32. The van der Waals surface area contributed by atoms with E-state index >= 15 is 0 Å². The van der Waals surface area contributed by atoms with Crippen LogP contribution in [0, 0.1) is 5.82 Å². The average Bonchev–Trinajstić information content (AvgIpc) is 3.25. The Bertz CT molecular complexity index is 1370. The van der Waals surface area contributed by atoms with Gasteiger partial charge in [0.25, 0.3) is 0 Å². The number of anilines is 1. The van der Waals surface area contributed by atoms with Gasteiger partial charge in [0.05, 0.1) is 16.8 Å². The van der Waals surface area contributed by atoms with Gasteiger partial charge in [0.15, 0.2) is 0 Å². The molecule has 7 heteroatoms. The molecule has 176 valence electrons. The van der Waals surface area contributed by atoms with Crippen molar-refractivity contribution in [3.05, 3.63) is 59.4 Å². The SMILES string of the molecule is CNc1cc(F)cc2cc3cc(-c4ccc(C(=O)O)cc4CN(C)C4CCCCC4)[nH]c3nc12.